The third-order valence-electron chi connectivity index (χ3n) is 3.96. The Labute approximate surface area is 147 Å². The quantitative estimate of drug-likeness (QED) is 0.845. The molecule has 24 heavy (non-hydrogen) atoms. The third kappa shape index (κ3) is 3.98. The maximum Gasteiger partial charge on any atom is 0.173 e. The second kappa shape index (κ2) is 8.33. The molecule has 0 fully saturated rings. The zero-order valence-corrected chi connectivity index (χ0v) is 14.8. The molecule has 0 spiro atoms. The highest BCUT2D eigenvalue weighted by Crippen LogP contribution is 2.39. The van der Waals surface area contributed by atoms with Crippen LogP contribution in [0.2, 0.25) is 0 Å². The lowest BCUT2D eigenvalue weighted by Crippen LogP contribution is -2.35. The van der Waals surface area contributed by atoms with E-state index >= 15 is 0 Å². The predicted molar refractivity (Wildman–Crippen MR) is 98.7 cm³/mol. The first-order chi connectivity index (χ1) is 11.8. The van der Waals surface area contributed by atoms with Crippen molar-refractivity contribution in [2.24, 2.45) is 4.99 Å². The molecule has 2 aromatic carbocycles. The highest BCUT2D eigenvalue weighted by atomic mass is 32.2. The summed E-state index contributed by atoms with van der Waals surface area (Å²) < 4.78 is 10.5. The maximum absolute atomic E-state index is 5.26. The van der Waals surface area contributed by atoms with Crippen LogP contribution in [0, 0.1) is 0 Å². The van der Waals surface area contributed by atoms with E-state index in [9.17, 15) is 0 Å². The van der Waals surface area contributed by atoms with E-state index in [2.05, 4.69) is 47.8 Å². The summed E-state index contributed by atoms with van der Waals surface area (Å²) in [5.74, 6) is 0.899. The van der Waals surface area contributed by atoms with Crippen molar-refractivity contribution in [3.8, 4) is 0 Å². The maximum atomic E-state index is 5.26. The minimum Gasteiger partial charge on any atom is -0.365 e. The van der Waals surface area contributed by atoms with Gasteiger partial charge in [0.05, 0.1) is 18.3 Å². The third-order valence-corrected chi connectivity index (χ3v) is 5.28. The van der Waals surface area contributed by atoms with Crippen LogP contribution >= 0.6 is 11.8 Å². The number of hydrogen-bond acceptors (Lipinski definition) is 5. The van der Waals surface area contributed by atoms with Gasteiger partial charge in [-0.05, 0) is 11.6 Å². The highest BCUT2D eigenvalue weighted by Gasteiger charge is 2.21. The van der Waals surface area contributed by atoms with E-state index in [-0.39, 0.29) is 6.29 Å². The fraction of sp³-hybridized carbons (Fsp3) is 0.316. The molecular formula is C19H22N2O2S. The number of amidine groups is 1. The average molecular weight is 342 g/mol. The number of ether oxygens (including phenoxy) is 2. The van der Waals surface area contributed by atoms with Gasteiger partial charge in [-0.25, -0.2) is 0 Å². The Morgan fingerprint density at radius 3 is 2.54 bits per heavy atom. The molecule has 0 aliphatic carbocycles. The zero-order valence-electron chi connectivity index (χ0n) is 13.9. The smallest absolute Gasteiger partial charge is 0.173 e. The highest BCUT2D eigenvalue weighted by molar-refractivity contribution is 7.99. The van der Waals surface area contributed by atoms with Crippen molar-refractivity contribution < 1.29 is 9.47 Å². The normalized spacial score (nSPS) is 17.1. The summed E-state index contributed by atoms with van der Waals surface area (Å²) in [6.45, 7) is 1.29. The van der Waals surface area contributed by atoms with Gasteiger partial charge < -0.3 is 14.8 Å². The molecule has 0 radical (unpaired) electrons. The molecule has 126 valence electrons. The van der Waals surface area contributed by atoms with Crippen molar-refractivity contribution in [3.63, 3.8) is 0 Å². The van der Waals surface area contributed by atoms with Gasteiger partial charge in [-0.3, -0.25) is 4.99 Å². The lowest BCUT2D eigenvalue weighted by molar-refractivity contribution is -0.0965. The summed E-state index contributed by atoms with van der Waals surface area (Å²) in [6.07, 6.45) is -0.291. The summed E-state index contributed by atoms with van der Waals surface area (Å²) in [6, 6.07) is 18.9. The molecule has 1 atom stereocenters. The minimum absolute atomic E-state index is 0.291. The number of hydrogen-bond donors (Lipinski definition) is 1. The van der Waals surface area contributed by atoms with Gasteiger partial charge in [0.1, 0.15) is 5.84 Å². The number of fused-ring (bicyclic) bond motifs is 1. The standard InChI is InChI=1S/C19H22N2O2S/c1-22-18(23-2)13-21-19-15-10-6-7-11-16(15)24-17(12-20-19)14-8-4-3-5-9-14/h3-11,17-18H,12-13H2,1-2H3,(H,20,21)/t17-/m1/s1. The van der Waals surface area contributed by atoms with E-state index in [1.807, 2.05) is 23.9 Å². The second-order valence-electron chi connectivity index (χ2n) is 5.48. The van der Waals surface area contributed by atoms with Crippen molar-refractivity contribution >= 4 is 17.6 Å². The SMILES string of the molecule is COC(CNC1=NC[C@H](c2ccccc2)Sc2ccccc21)OC. The van der Waals surface area contributed by atoms with Gasteiger partial charge in [0, 0.05) is 24.7 Å². The lowest BCUT2D eigenvalue weighted by atomic mass is 10.1. The molecule has 1 aliphatic heterocycles. The van der Waals surface area contributed by atoms with Crippen LogP contribution in [0.15, 0.2) is 64.5 Å². The van der Waals surface area contributed by atoms with Crippen LogP contribution in [0.4, 0.5) is 0 Å². The number of aliphatic imine (C=N–C) groups is 1. The van der Waals surface area contributed by atoms with Crippen molar-refractivity contribution in [2.45, 2.75) is 16.4 Å². The fourth-order valence-electron chi connectivity index (χ4n) is 2.65. The zero-order chi connectivity index (χ0) is 16.8. The summed E-state index contributed by atoms with van der Waals surface area (Å²) in [4.78, 5) is 6.07. The Morgan fingerprint density at radius 1 is 1.08 bits per heavy atom. The number of thioether (sulfide) groups is 1. The molecule has 5 heteroatoms. The number of nitrogens with zero attached hydrogens (tertiary/aromatic N) is 1. The van der Waals surface area contributed by atoms with Crippen LogP contribution in [0.25, 0.3) is 0 Å². The van der Waals surface area contributed by atoms with Crippen molar-refractivity contribution in [3.05, 3.63) is 65.7 Å². The molecule has 0 saturated heterocycles. The number of benzene rings is 2. The first-order valence-corrected chi connectivity index (χ1v) is 8.84. The molecule has 1 aliphatic rings. The Hall–Kier alpha value is -1.82. The second-order valence-corrected chi connectivity index (χ2v) is 6.73. The number of methoxy groups -OCH3 is 2. The summed E-state index contributed by atoms with van der Waals surface area (Å²) in [5.41, 5.74) is 2.43. The van der Waals surface area contributed by atoms with E-state index in [0.717, 1.165) is 17.9 Å². The summed E-state index contributed by atoms with van der Waals surface area (Å²) >= 11 is 1.86. The monoisotopic (exact) mass is 342 g/mol. The molecule has 0 unspecified atom stereocenters. The minimum atomic E-state index is -0.291. The van der Waals surface area contributed by atoms with Gasteiger partial charge in [-0.2, -0.15) is 0 Å². The fourth-order valence-corrected chi connectivity index (χ4v) is 3.85. The van der Waals surface area contributed by atoms with Gasteiger partial charge >= 0.3 is 0 Å². The Balaban J connectivity index is 1.85. The van der Waals surface area contributed by atoms with Gasteiger partial charge in [-0.1, -0.05) is 48.5 Å². The number of rotatable bonds is 5. The molecule has 1 heterocycles. The van der Waals surface area contributed by atoms with Crippen LogP contribution in [0.5, 0.6) is 0 Å². The molecule has 3 rings (SSSR count). The molecule has 4 nitrogen and oxygen atoms in total. The molecular weight excluding hydrogens is 320 g/mol. The van der Waals surface area contributed by atoms with E-state index in [1.54, 1.807) is 14.2 Å². The largest absolute Gasteiger partial charge is 0.365 e. The Morgan fingerprint density at radius 2 is 1.79 bits per heavy atom. The first-order valence-electron chi connectivity index (χ1n) is 7.96. The van der Waals surface area contributed by atoms with Gasteiger partial charge in [0.2, 0.25) is 0 Å². The van der Waals surface area contributed by atoms with Gasteiger partial charge in [0.15, 0.2) is 6.29 Å². The first kappa shape index (κ1) is 17.0. The van der Waals surface area contributed by atoms with Crippen LogP contribution in [0.1, 0.15) is 16.4 Å². The predicted octanol–water partition coefficient (Wildman–Crippen LogP) is 3.49. The van der Waals surface area contributed by atoms with Gasteiger partial charge in [0.25, 0.3) is 0 Å². The molecule has 0 amide bonds. The van der Waals surface area contributed by atoms with Gasteiger partial charge in [-0.15, -0.1) is 11.8 Å². The average Bonchev–Trinajstić information content (AvgIpc) is 2.83. The Kier molecular flexibility index (Phi) is 5.91. The van der Waals surface area contributed by atoms with Crippen LogP contribution in [0.3, 0.4) is 0 Å². The molecule has 0 saturated carbocycles. The number of nitrogens with one attached hydrogen (secondary N) is 1. The van der Waals surface area contributed by atoms with Crippen molar-refractivity contribution in [2.75, 3.05) is 27.3 Å². The van der Waals surface area contributed by atoms with E-state index in [1.165, 1.54) is 10.5 Å². The topological polar surface area (TPSA) is 42.8 Å². The van der Waals surface area contributed by atoms with Crippen LogP contribution in [-0.4, -0.2) is 39.4 Å². The Bertz CT molecular complexity index is 687. The van der Waals surface area contributed by atoms with Crippen LogP contribution in [-0.2, 0) is 9.47 Å². The summed E-state index contributed by atoms with van der Waals surface area (Å²) in [5, 5.41) is 3.69. The van der Waals surface area contributed by atoms with E-state index in [4.69, 9.17) is 14.5 Å². The molecule has 1 N–H and O–H groups in total. The van der Waals surface area contributed by atoms with E-state index < -0.39 is 0 Å². The van der Waals surface area contributed by atoms with Crippen LogP contribution < -0.4 is 5.32 Å². The van der Waals surface area contributed by atoms with Crippen molar-refractivity contribution in [1.29, 1.82) is 0 Å². The summed E-state index contributed by atoms with van der Waals surface area (Å²) in [7, 11) is 3.28. The lowest BCUT2D eigenvalue weighted by Gasteiger charge is -2.16. The molecule has 0 bridgehead atoms. The van der Waals surface area contributed by atoms with Crippen molar-refractivity contribution in [1.82, 2.24) is 5.32 Å². The molecule has 0 aromatic heterocycles. The molecule has 2 aromatic rings. The van der Waals surface area contributed by atoms with E-state index in [0.29, 0.717) is 11.8 Å².